The average molecular weight is 334 g/mol. The number of hydrogen-bond acceptors (Lipinski definition) is 3. The molecule has 3 aromatic rings. The van der Waals surface area contributed by atoms with Crippen molar-refractivity contribution in [2.24, 2.45) is 0 Å². The normalized spacial score (nSPS) is 12.4. The standard InChI is InChI=1S/C22H26N2O/c1-16-10-11-19(23)14-18(16)15-24-22(12-13-25-2)21-9-5-7-17-6-3-4-8-20(17)21/h3-11,14,22,24H,12-13,15,23H2,1-2H3. The van der Waals surface area contributed by atoms with Gasteiger partial charge in [0.2, 0.25) is 0 Å². The van der Waals surface area contributed by atoms with Crippen LogP contribution in [0.2, 0.25) is 0 Å². The van der Waals surface area contributed by atoms with E-state index < -0.39 is 0 Å². The first-order valence-electron chi connectivity index (χ1n) is 8.74. The summed E-state index contributed by atoms with van der Waals surface area (Å²) in [7, 11) is 1.75. The van der Waals surface area contributed by atoms with Gasteiger partial charge in [0.05, 0.1) is 0 Å². The lowest BCUT2D eigenvalue weighted by atomic mass is 9.96. The SMILES string of the molecule is COCCC(NCc1cc(N)ccc1C)c1cccc2ccccc12. The van der Waals surface area contributed by atoms with Crippen molar-refractivity contribution in [3.05, 3.63) is 77.4 Å². The number of benzene rings is 3. The van der Waals surface area contributed by atoms with Crippen molar-refractivity contribution in [2.75, 3.05) is 19.5 Å². The predicted octanol–water partition coefficient (Wildman–Crippen LogP) is 4.60. The number of anilines is 1. The van der Waals surface area contributed by atoms with E-state index in [4.69, 9.17) is 10.5 Å². The van der Waals surface area contributed by atoms with E-state index in [0.717, 1.165) is 25.3 Å². The van der Waals surface area contributed by atoms with E-state index in [2.05, 4.69) is 66.8 Å². The van der Waals surface area contributed by atoms with Gasteiger partial charge >= 0.3 is 0 Å². The third-order valence-electron chi connectivity index (χ3n) is 4.72. The van der Waals surface area contributed by atoms with Crippen LogP contribution in [-0.4, -0.2) is 13.7 Å². The Bertz CT molecular complexity index is 839. The van der Waals surface area contributed by atoms with Gasteiger partial charge in [-0.25, -0.2) is 0 Å². The summed E-state index contributed by atoms with van der Waals surface area (Å²) in [6, 6.07) is 21.3. The maximum atomic E-state index is 5.95. The molecule has 1 atom stereocenters. The smallest absolute Gasteiger partial charge is 0.0480 e. The number of nitrogens with two attached hydrogens (primary N) is 1. The summed E-state index contributed by atoms with van der Waals surface area (Å²) in [5.74, 6) is 0. The summed E-state index contributed by atoms with van der Waals surface area (Å²) in [6.07, 6.45) is 0.922. The maximum absolute atomic E-state index is 5.95. The van der Waals surface area contributed by atoms with E-state index in [0.29, 0.717) is 0 Å². The molecule has 3 heteroatoms. The van der Waals surface area contributed by atoms with E-state index in [9.17, 15) is 0 Å². The van der Waals surface area contributed by atoms with Crippen LogP contribution < -0.4 is 11.1 Å². The van der Waals surface area contributed by atoms with Crippen LogP contribution in [0, 0.1) is 6.92 Å². The Morgan fingerprint density at radius 2 is 1.84 bits per heavy atom. The molecule has 3 N–H and O–H groups in total. The van der Waals surface area contributed by atoms with Crippen LogP contribution in [0.3, 0.4) is 0 Å². The summed E-state index contributed by atoms with van der Waals surface area (Å²) >= 11 is 0. The molecule has 130 valence electrons. The van der Waals surface area contributed by atoms with Crippen LogP contribution >= 0.6 is 0 Å². The van der Waals surface area contributed by atoms with E-state index in [1.165, 1.54) is 27.5 Å². The third-order valence-corrected chi connectivity index (χ3v) is 4.72. The number of nitrogens with one attached hydrogen (secondary N) is 1. The van der Waals surface area contributed by atoms with Gasteiger partial charge in [0.15, 0.2) is 0 Å². The molecule has 0 saturated carbocycles. The van der Waals surface area contributed by atoms with Gasteiger partial charge in [0.1, 0.15) is 0 Å². The van der Waals surface area contributed by atoms with Crippen molar-refractivity contribution < 1.29 is 4.74 Å². The molecular formula is C22H26N2O. The van der Waals surface area contributed by atoms with Gasteiger partial charge in [-0.05, 0) is 52.9 Å². The topological polar surface area (TPSA) is 47.3 Å². The Hall–Kier alpha value is -2.36. The fraction of sp³-hybridized carbons (Fsp3) is 0.273. The van der Waals surface area contributed by atoms with Crippen LogP contribution in [0.25, 0.3) is 10.8 Å². The van der Waals surface area contributed by atoms with Crippen LogP contribution in [0.4, 0.5) is 5.69 Å². The highest BCUT2D eigenvalue weighted by molar-refractivity contribution is 5.86. The molecule has 0 spiro atoms. The number of hydrogen-bond donors (Lipinski definition) is 2. The second kappa shape index (κ2) is 8.15. The highest BCUT2D eigenvalue weighted by atomic mass is 16.5. The van der Waals surface area contributed by atoms with Crippen molar-refractivity contribution in [3.8, 4) is 0 Å². The first kappa shape index (κ1) is 17.5. The number of nitrogen functional groups attached to an aromatic ring is 1. The highest BCUT2D eigenvalue weighted by Crippen LogP contribution is 2.27. The van der Waals surface area contributed by atoms with Crippen molar-refractivity contribution >= 4 is 16.5 Å². The average Bonchev–Trinajstić information content (AvgIpc) is 2.64. The minimum Gasteiger partial charge on any atom is -0.399 e. The molecule has 1 unspecified atom stereocenters. The Morgan fingerprint density at radius 3 is 2.68 bits per heavy atom. The summed E-state index contributed by atoms with van der Waals surface area (Å²) in [5.41, 5.74) is 10.6. The Morgan fingerprint density at radius 1 is 1.04 bits per heavy atom. The number of aryl methyl sites for hydroxylation is 1. The zero-order valence-corrected chi connectivity index (χ0v) is 15.0. The van der Waals surface area contributed by atoms with Gasteiger partial charge in [0.25, 0.3) is 0 Å². The van der Waals surface area contributed by atoms with E-state index in [1.807, 2.05) is 6.07 Å². The van der Waals surface area contributed by atoms with Gasteiger partial charge in [-0.2, -0.15) is 0 Å². The monoisotopic (exact) mass is 334 g/mol. The fourth-order valence-electron chi connectivity index (χ4n) is 3.27. The first-order chi connectivity index (χ1) is 12.2. The molecule has 0 heterocycles. The molecule has 0 aliphatic rings. The molecule has 3 rings (SSSR count). The van der Waals surface area contributed by atoms with Crippen LogP contribution in [0.1, 0.15) is 29.2 Å². The minimum absolute atomic E-state index is 0.229. The van der Waals surface area contributed by atoms with Gasteiger partial charge in [-0.1, -0.05) is 48.5 Å². The van der Waals surface area contributed by atoms with Gasteiger partial charge in [0, 0.05) is 32.0 Å². The zero-order chi connectivity index (χ0) is 17.6. The molecule has 0 amide bonds. The predicted molar refractivity (Wildman–Crippen MR) is 106 cm³/mol. The third kappa shape index (κ3) is 4.19. The molecule has 0 aliphatic carbocycles. The highest BCUT2D eigenvalue weighted by Gasteiger charge is 2.14. The van der Waals surface area contributed by atoms with E-state index >= 15 is 0 Å². The summed E-state index contributed by atoms with van der Waals surface area (Å²) < 4.78 is 5.34. The second-order valence-corrected chi connectivity index (χ2v) is 6.47. The molecule has 25 heavy (non-hydrogen) atoms. The van der Waals surface area contributed by atoms with E-state index in [1.54, 1.807) is 7.11 Å². The quantitative estimate of drug-likeness (QED) is 0.621. The number of ether oxygens (including phenoxy) is 1. The van der Waals surface area contributed by atoms with E-state index in [-0.39, 0.29) is 6.04 Å². The van der Waals surface area contributed by atoms with Crippen LogP contribution in [0.5, 0.6) is 0 Å². The Balaban J connectivity index is 1.87. The lowest BCUT2D eigenvalue weighted by molar-refractivity contribution is 0.183. The summed E-state index contributed by atoms with van der Waals surface area (Å²) in [5, 5.41) is 6.27. The summed E-state index contributed by atoms with van der Waals surface area (Å²) in [4.78, 5) is 0. The first-order valence-corrected chi connectivity index (χ1v) is 8.74. The van der Waals surface area contributed by atoms with Crippen molar-refractivity contribution in [1.29, 1.82) is 0 Å². The molecule has 0 aromatic heterocycles. The largest absolute Gasteiger partial charge is 0.399 e. The van der Waals surface area contributed by atoms with Gasteiger partial charge in [-0.15, -0.1) is 0 Å². The maximum Gasteiger partial charge on any atom is 0.0480 e. The molecule has 0 radical (unpaired) electrons. The molecule has 0 aliphatic heterocycles. The number of methoxy groups -OCH3 is 1. The molecule has 3 nitrogen and oxygen atoms in total. The Kier molecular flexibility index (Phi) is 5.69. The second-order valence-electron chi connectivity index (χ2n) is 6.47. The lowest BCUT2D eigenvalue weighted by Gasteiger charge is -2.21. The molecule has 0 saturated heterocycles. The van der Waals surface area contributed by atoms with Crippen LogP contribution in [-0.2, 0) is 11.3 Å². The Labute approximate surface area is 149 Å². The number of rotatable bonds is 7. The molecular weight excluding hydrogens is 308 g/mol. The molecule has 0 fully saturated rings. The van der Waals surface area contributed by atoms with Gasteiger partial charge < -0.3 is 15.8 Å². The van der Waals surface area contributed by atoms with Crippen molar-refractivity contribution in [3.63, 3.8) is 0 Å². The number of fused-ring (bicyclic) bond motifs is 1. The van der Waals surface area contributed by atoms with Crippen molar-refractivity contribution in [1.82, 2.24) is 5.32 Å². The lowest BCUT2D eigenvalue weighted by Crippen LogP contribution is -2.23. The van der Waals surface area contributed by atoms with Crippen molar-refractivity contribution in [2.45, 2.75) is 25.9 Å². The molecule has 0 bridgehead atoms. The van der Waals surface area contributed by atoms with Crippen LogP contribution in [0.15, 0.2) is 60.7 Å². The zero-order valence-electron chi connectivity index (χ0n) is 15.0. The van der Waals surface area contributed by atoms with Gasteiger partial charge in [-0.3, -0.25) is 0 Å². The molecule has 3 aromatic carbocycles. The fourth-order valence-corrected chi connectivity index (χ4v) is 3.27. The minimum atomic E-state index is 0.229. The summed E-state index contributed by atoms with van der Waals surface area (Å²) in [6.45, 7) is 3.63.